The third-order valence-electron chi connectivity index (χ3n) is 4.22. The third-order valence-corrected chi connectivity index (χ3v) is 4.22. The normalized spacial score (nSPS) is 14.1. The van der Waals surface area contributed by atoms with Crippen molar-refractivity contribution >= 4 is 17.3 Å². The fourth-order valence-electron chi connectivity index (χ4n) is 3.09. The van der Waals surface area contributed by atoms with Gasteiger partial charge in [0.15, 0.2) is 0 Å². The van der Waals surface area contributed by atoms with Crippen molar-refractivity contribution < 1.29 is 4.79 Å². The van der Waals surface area contributed by atoms with Crippen LogP contribution in [0.5, 0.6) is 0 Å². The predicted molar refractivity (Wildman–Crippen MR) is 91.4 cm³/mol. The van der Waals surface area contributed by atoms with Crippen LogP contribution in [-0.2, 0) is 11.2 Å². The van der Waals surface area contributed by atoms with Gasteiger partial charge in [0.2, 0.25) is 5.91 Å². The maximum atomic E-state index is 12.3. The van der Waals surface area contributed by atoms with Crippen LogP contribution in [0.1, 0.15) is 24.0 Å². The van der Waals surface area contributed by atoms with Crippen molar-refractivity contribution in [1.29, 1.82) is 0 Å². The van der Waals surface area contributed by atoms with Crippen LogP contribution in [0, 0.1) is 6.92 Å². The number of aryl methyl sites for hydroxylation is 1. The van der Waals surface area contributed by atoms with Gasteiger partial charge >= 0.3 is 0 Å². The molecule has 114 valence electrons. The number of amides is 1. The smallest absolute Gasteiger partial charge is 0.243 e. The van der Waals surface area contributed by atoms with Gasteiger partial charge in [0.1, 0.15) is 0 Å². The minimum Gasteiger partial charge on any atom is -0.362 e. The highest BCUT2D eigenvalue weighted by Crippen LogP contribution is 2.28. The molecule has 0 spiro atoms. The van der Waals surface area contributed by atoms with Gasteiger partial charge < -0.3 is 10.2 Å². The summed E-state index contributed by atoms with van der Waals surface area (Å²) < 4.78 is 0. The Hall–Kier alpha value is -2.29. The summed E-state index contributed by atoms with van der Waals surface area (Å²) in [5.74, 6) is 0.0422. The highest BCUT2D eigenvalue weighted by atomic mass is 16.2. The Balaban J connectivity index is 1.75. The number of para-hydroxylation sites is 1. The first kappa shape index (κ1) is 14.6. The fraction of sp³-hybridized carbons (Fsp3) is 0.316. The molecule has 3 heteroatoms. The topological polar surface area (TPSA) is 32.3 Å². The van der Waals surface area contributed by atoms with E-state index in [0.29, 0.717) is 6.54 Å². The lowest BCUT2D eigenvalue weighted by Crippen LogP contribution is -2.34. The van der Waals surface area contributed by atoms with Gasteiger partial charge in [-0.2, -0.15) is 0 Å². The van der Waals surface area contributed by atoms with Crippen molar-refractivity contribution in [2.75, 3.05) is 23.3 Å². The predicted octanol–water partition coefficient (Wildman–Crippen LogP) is 3.78. The Labute approximate surface area is 132 Å². The van der Waals surface area contributed by atoms with Crippen LogP contribution in [0.3, 0.4) is 0 Å². The van der Waals surface area contributed by atoms with Gasteiger partial charge in [0, 0.05) is 17.9 Å². The molecule has 0 atom stereocenters. The Bertz CT molecular complexity index is 652. The van der Waals surface area contributed by atoms with Crippen LogP contribution >= 0.6 is 0 Å². The van der Waals surface area contributed by atoms with Gasteiger partial charge in [0.05, 0.1) is 6.54 Å². The molecule has 1 aliphatic heterocycles. The van der Waals surface area contributed by atoms with Crippen molar-refractivity contribution in [3.8, 4) is 0 Å². The molecule has 1 N–H and O–H groups in total. The molecule has 0 aliphatic carbocycles. The molecular weight excluding hydrogens is 272 g/mol. The second kappa shape index (κ2) is 6.65. The van der Waals surface area contributed by atoms with E-state index in [1.807, 2.05) is 30.3 Å². The average Bonchev–Trinajstić information content (AvgIpc) is 2.72. The SMILES string of the molecule is Cc1cccc2c1CCCCN2CC(=O)Nc1ccccc1. The molecule has 0 bridgehead atoms. The van der Waals surface area contributed by atoms with E-state index in [-0.39, 0.29) is 5.91 Å². The van der Waals surface area contributed by atoms with Crippen molar-refractivity contribution in [2.45, 2.75) is 26.2 Å². The summed E-state index contributed by atoms with van der Waals surface area (Å²) in [6, 6.07) is 16.0. The molecule has 22 heavy (non-hydrogen) atoms. The molecule has 2 aromatic rings. The molecule has 2 aromatic carbocycles. The highest BCUT2D eigenvalue weighted by Gasteiger charge is 2.18. The van der Waals surface area contributed by atoms with Crippen LogP contribution in [-0.4, -0.2) is 19.0 Å². The summed E-state index contributed by atoms with van der Waals surface area (Å²) >= 11 is 0. The first-order valence-electron chi connectivity index (χ1n) is 7.92. The van der Waals surface area contributed by atoms with E-state index >= 15 is 0 Å². The summed E-state index contributed by atoms with van der Waals surface area (Å²) in [6.45, 7) is 3.51. The number of hydrogen-bond acceptors (Lipinski definition) is 2. The second-order valence-corrected chi connectivity index (χ2v) is 5.87. The van der Waals surface area contributed by atoms with Gasteiger partial charge in [-0.05, 0) is 55.5 Å². The molecule has 0 saturated heterocycles. The molecule has 0 unspecified atom stereocenters. The summed E-state index contributed by atoms with van der Waals surface area (Å²) in [7, 11) is 0. The maximum Gasteiger partial charge on any atom is 0.243 e. The summed E-state index contributed by atoms with van der Waals surface area (Å²) in [5.41, 5.74) is 4.80. The molecule has 0 radical (unpaired) electrons. The van der Waals surface area contributed by atoms with Crippen LogP contribution < -0.4 is 10.2 Å². The second-order valence-electron chi connectivity index (χ2n) is 5.87. The lowest BCUT2D eigenvalue weighted by atomic mass is 10.0. The lowest BCUT2D eigenvalue weighted by molar-refractivity contribution is -0.115. The minimum absolute atomic E-state index is 0.0422. The number of rotatable bonds is 3. The number of anilines is 2. The molecule has 1 heterocycles. The van der Waals surface area contributed by atoms with Crippen molar-refractivity contribution in [2.24, 2.45) is 0 Å². The number of hydrogen-bond donors (Lipinski definition) is 1. The summed E-state index contributed by atoms with van der Waals surface area (Å²) in [5, 5.41) is 2.97. The van der Waals surface area contributed by atoms with Crippen molar-refractivity contribution in [1.82, 2.24) is 0 Å². The zero-order chi connectivity index (χ0) is 15.4. The number of fused-ring (bicyclic) bond motifs is 1. The maximum absolute atomic E-state index is 12.3. The first-order valence-corrected chi connectivity index (χ1v) is 7.92. The number of nitrogens with one attached hydrogen (secondary N) is 1. The van der Waals surface area contributed by atoms with Crippen LogP contribution in [0.4, 0.5) is 11.4 Å². The van der Waals surface area contributed by atoms with Crippen LogP contribution in [0.2, 0.25) is 0 Å². The largest absolute Gasteiger partial charge is 0.362 e. The van der Waals surface area contributed by atoms with E-state index in [1.54, 1.807) is 0 Å². The summed E-state index contributed by atoms with van der Waals surface area (Å²) in [6.07, 6.45) is 3.43. The fourth-order valence-corrected chi connectivity index (χ4v) is 3.09. The lowest BCUT2D eigenvalue weighted by Gasteiger charge is -2.25. The standard InChI is InChI=1S/C19H22N2O/c1-15-8-7-12-18-17(15)11-5-6-13-21(18)14-19(22)20-16-9-3-2-4-10-16/h2-4,7-10,12H,5-6,11,13-14H2,1H3,(H,20,22). The monoisotopic (exact) mass is 294 g/mol. The van der Waals surface area contributed by atoms with E-state index < -0.39 is 0 Å². The van der Waals surface area contributed by atoms with E-state index in [4.69, 9.17) is 0 Å². The van der Waals surface area contributed by atoms with Crippen LogP contribution in [0.25, 0.3) is 0 Å². The third kappa shape index (κ3) is 3.30. The zero-order valence-electron chi connectivity index (χ0n) is 13.0. The van der Waals surface area contributed by atoms with Gasteiger partial charge in [0.25, 0.3) is 0 Å². The van der Waals surface area contributed by atoms with E-state index in [9.17, 15) is 4.79 Å². The molecule has 0 fully saturated rings. The van der Waals surface area contributed by atoms with Gasteiger partial charge in [-0.3, -0.25) is 4.79 Å². The van der Waals surface area contributed by atoms with Gasteiger partial charge in [-0.15, -0.1) is 0 Å². The zero-order valence-corrected chi connectivity index (χ0v) is 13.0. The Kier molecular flexibility index (Phi) is 4.42. The molecular formula is C19H22N2O. The van der Waals surface area contributed by atoms with Gasteiger partial charge in [-0.25, -0.2) is 0 Å². The molecule has 1 aliphatic rings. The summed E-state index contributed by atoms with van der Waals surface area (Å²) in [4.78, 5) is 14.6. The van der Waals surface area contributed by atoms with E-state index in [1.165, 1.54) is 23.2 Å². The molecule has 1 amide bonds. The highest BCUT2D eigenvalue weighted by molar-refractivity contribution is 5.94. The minimum atomic E-state index is 0.0422. The Morgan fingerprint density at radius 1 is 1.09 bits per heavy atom. The molecule has 3 nitrogen and oxygen atoms in total. The number of carbonyl (C=O) groups excluding carboxylic acids is 1. The Morgan fingerprint density at radius 2 is 1.91 bits per heavy atom. The van der Waals surface area contributed by atoms with E-state index in [0.717, 1.165) is 25.1 Å². The van der Waals surface area contributed by atoms with Crippen LogP contribution in [0.15, 0.2) is 48.5 Å². The number of carbonyl (C=O) groups is 1. The molecule has 0 aromatic heterocycles. The van der Waals surface area contributed by atoms with E-state index in [2.05, 4.69) is 35.3 Å². The quantitative estimate of drug-likeness (QED) is 0.934. The van der Waals surface area contributed by atoms with Gasteiger partial charge in [-0.1, -0.05) is 30.3 Å². The number of nitrogens with zero attached hydrogens (tertiary/aromatic N) is 1. The van der Waals surface area contributed by atoms with Crippen molar-refractivity contribution in [3.63, 3.8) is 0 Å². The Morgan fingerprint density at radius 3 is 2.73 bits per heavy atom. The average molecular weight is 294 g/mol. The first-order chi connectivity index (χ1) is 10.7. The number of benzene rings is 2. The van der Waals surface area contributed by atoms with Crippen molar-refractivity contribution in [3.05, 3.63) is 59.7 Å². The molecule has 3 rings (SSSR count). The molecule has 0 saturated carbocycles.